The summed E-state index contributed by atoms with van der Waals surface area (Å²) < 4.78 is 5.07. The number of hydrogen-bond acceptors (Lipinski definition) is 3. The minimum absolute atomic E-state index is 0.222. The van der Waals surface area contributed by atoms with Crippen molar-refractivity contribution in [2.75, 3.05) is 5.32 Å². The lowest BCUT2D eigenvalue weighted by atomic mass is 9.97. The van der Waals surface area contributed by atoms with Gasteiger partial charge in [0, 0.05) is 53.4 Å². The molecule has 0 bridgehead atoms. The van der Waals surface area contributed by atoms with E-state index in [9.17, 15) is 0 Å². The second-order valence-corrected chi connectivity index (χ2v) is 13.5. The van der Waals surface area contributed by atoms with E-state index < -0.39 is 0 Å². The van der Waals surface area contributed by atoms with E-state index in [0.717, 1.165) is 33.8 Å². The second-order valence-electron chi connectivity index (χ2n) is 12.4. The molecule has 0 saturated heterocycles. The Morgan fingerprint density at radius 3 is 2.12 bits per heavy atom. The number of para-hydroxylation sites is 1. The zero-order chi connectivity index (χ0) is 31.6. The molecule has 0 saturated carbocycles. The molecule has 7 aromatic carbocycles. The number of thiophene rings is 1. The fourth-order valence-corrected chi connectivity index (χ4v) is 8.46. The summed E-state index contributed by atoms with van der Waals surface area (Å²) in [7, 11) is 0. The van der Waals surface area contributed by atoms with Gasteiger partial charge in [-0.3, -0.25) is 4.99 Å². The average molecular weight is 632 g/mol. The van der Waals surface area contributed by atoms with Gasteiger partial charge in [0.25, 0.3) is 0 Å². The molecule has 0 fully saturated rings. The summed E-state index contributed by atoms with van der Waals surface area (Å²) in [6.45, 7) is 0. The highest BCUT2D eigenvalue weighted by molar-refractivity contribution is 7.25. The molecule has 1 N–H and O–H groups in total. The summed E-state index contributed by atoms with van der Waals surface area (Å²) in [5.41, 5.74) is 11.4. The lowest BCUT2D eigenvalue weighted by Gasteiger charge is -2.26. The molecule has 1 atom stereocenters. The highest BCUT2D eigenvalue weighted by Crippen LogP contribution is 2.42. The van der Waals surface area contributed by atoms with Crippen LogP contribution < -0.4 is 5.32 Å². The van der Waals surface area contributed by atoms with Crippen LogP contribution in [0.2, 0.25) is 0 Å². The van der Waals surface area contributed by atoms with Gasteiger partial charge in [-0.05, 0) is 65.2 Å². The van der Waals surface area contributed by atoms with E-state index in [1.54, 1.807) is 0 Å². The van der Waals surface area contributed by atoms with Crippen molar-refractivity contribution in [3.05, 3.63) is 180 Å². The minimum atomic E-state index is -0.222. The molecule has 0 amide bonds. The molecule has 0 radical (unpaired) electrons. The molecule has 48 heavy (non-hydrogen) atoms. The summed E-state index contributed by atoms with van der Waals surface area (Å²) >= 11 is 1.87. The van der Waals surface area contributed by atoms with Gasteiger partial charge >= 0.3 is 0 Å². The van der Waals surface area contributed by atoms with Crippen LogP contribution in [-0.4, -0.2) is 10.3 Å². The normalized spacial score (nSPS) is 14.3. The first-order chi connectivity index (χ1) is 23.8. The van der Waals surface area contributed by atoms with Gasteiger partial charge in [0.1, 0.15) is 6.17 Å². The zero-order valence-corrected chi connectivity index (χ0v) is 26.8. The molecule has 1 unspecified atom stereocenters. The summed E-state index contributed by atoms with van der Waals surface area (Å²) in [5, 5.41) is 8.86. The van der Waals surface area contributed by atoms with E-state index in [0.29, 0.717) is 0 Å². The molecule has 0 aliphatic carbocycles. The maximum atomic E-state index is 5.32. The van der Waals surface area contributed by atoms with E-state index in [2.05, 4.69) is 174 Å². The number of nitrogens with zero attached hydrogens (tertiary/aromatic N) is 2. The quantitative estimate of drug-likeness (QED) is 0.206. The van der Waals surface area contributed by atoms with Crippen LogP contribution >= 0.6 is 11.3 Å². The summed E-state index contributed by atoms with van der Waals surface area (Å²) in [6, 6.07) is 59.0. The Morgan fingerprint density at radius 2 is 1.25 bits per heavy atom. The molecule has 1 aliphatic rings. The molecule has 2 aromatic heterocycles. The van der Waals surface area contributed by atoms with Crippen LogP contribution in [0.4, 0.5) is 5.69 Å². The van der Waals surface area contributed by atoms with Crippen LogP contribution in [0.5, 0.6) is 0 Å². The van der Waals surface area contributed by atoms with Crippen LogP contribution in [0.25, 0.3) is 58.8 Å². The Kier molecular flexibility index (Phi) is 6.11. The second kappa shape index (κ2) is 10.8. The highest BCUT2D eigenvalue weighted by Gasteiger charge is 2.23. The van der Waals surface area contributed by atoms with E-state index in [-0.39, 0.29) is 6.17 Å². The number of aromatic nitrogens is 1. The minimum Gasteiger partial charge on any atom is -0.360 e. The van der Waals surface area contributed by atoms with Crippen LogP contribution in [0.15, 0.2) is 169 Å². The number of hydrogen-bond donors (Lipinski definition) is 1. The summed E-state index contributed by atoms with van der Waals surface area (Å²) in [6.07, 6.45) is -0.222. The molecule has 0 spiro atoms. The topological polar surface area (TPSA) is 29.3 Å². The molecule has 1 aliphatic heterocycles. The van der Waals surface area contributed by atoms with Crippen molar-refractivity contribution in [1.29, 1.82) is 0 Å². The van der Waals surface area contributed by atoms with Gasteiger partial charge in [-0.25, -0.2) is 0 Å². The fourth-order valence-electron chi connectivity index (χ4n) is 7.34. The van der Waals surface area contributed by atoms with Gasteiger partial charge in [-0.15, -0.1) is 11.3 Å². The van der Waals surface area contributed by atoms with E-state index >= 15 is 0 Å². The van der Waals surface area contributed by atoms with Crippen molar-refractivity contribution in [1.82, 2.24) is 4.57 Å². The SMILES string of the molecule is c1ccc(C2=NC(c3cccc(-n4c5ccc(-c6ccccc6)cc5c5cc6sc7ccccc7c6cc54)c3)Nc3ccccc32)cc1. The first-order valence-electron chi connectivity index (χ1n) is 16.3. The third kappa shape index (κ3) is 4.30. The van der Waals surface area contributed by atoms with Crippen molar-refractivity contribution >= 4 is 64.7 Å². The van der Waals surface area contributed by atoms with E-state index in [1.807, 2.05) is 11.3 Å². The molecule has 10 rings (SSSR count). The molecule has 3 heterocycles. The smallest absolute Gasteiger partial charge is 0.145 e. The Labute approximate surface area is 282 Å². The molecule has 3 nitrogen and oxygen atoms in total. The van der Waals surface area contributed by atoms with Crippen molar-refractivity contribution in [2.45, 2.75) is 6.17 Å². The number of rotatable bonds is 4. The van der Waals surface area contributed by atoms with Gasteiger partial charge in [-0.2, -0.15) is 0 Å². The van der Waals surface area contributed by atoms with Crippen molar-refractivity contribution in [2.24, 2.45) is 4.99 Å². The fraction of sp³-hybridized carbons (Fsp3) is 0.0227. The van der Waals surface area contributed by atoms with Crippen LogP contribution in [0.1, 0.15) is 22.9 Å². The Balaban J connectivity index is 1.19. The third-order valence-corrected chi connectivity index (χ3v) is 10.7. The van der Waals surface area contributed by atoms with Crippen molar-refractivity contribution in [3.8, 4) is 16.8 Å². The standard InChI is InChI=1S/C44H29N3S/c1-3-12-28(13-4-1)30-22-23-39-35(25-30)36-27-42-37(33-18-8-10-21-41(33)48-42)26-40(36)47(39)32-17-11-16-31(24-32)44-45-38-20-9-7-19-34(38)43(46-44)29-14-5-2-6-15-29/h1-27,44-45H. The zero-order valence-electron chi connectivity index (χ0n) is 26.0. The predicted molar refractivity (Wildman–Crippen MR) is 204 cm³/mol. The number of aliphatic imine (C=N–C) groups is 1. The summed E-state index contributed by atoms with van der Waals surface area (Å²) in [4.78, 5) is 5.32. The summed E-state index contributed by atoms with van der Waals surface area (Å²) in [5.74, 6) is 0. The van der Waals surface area contributed by atoms with Crippen molar-refractivity contribution < 1.29 is 0 Å². The van der Waals surface area contributed by atoms with Crippen LogP contribution in [0.3, 0.4) is 0 Å². The lowest BCUT2D eigenvalue weighted by molar-refractivity contribution is 0.826. The van der Waals surface area contributed by atoms with Gasteiger partial charge in [0.2, 0.25) is 0 Å². The molecule has 9 aromatic rings. The lowest BCUT2D eigenvalue weighted by Crippen LogP contribution is -2.20. The molecular formula is C44H29N3S. The Hall–Kier alpha value is -5.97. The maximum absolute atomic E-state index is 5.32. The average Bonchev–Trinajstić information content (AvgIpc) is 3.68. The number of nitrogens with one attached hydrogen (secondary N) is 1. The van der Waals surface area contributed by atoms with Gasteiger partial charge < -0.3 is 9.88 Å². The third-order valence-electron chi connectivity index (χ3n) is 9.59. The number of fused-ring (bicyclic) bond motifs is 7. The number of anilines is 1. The Bertz CT molecular complexity index is 2700. The van der Waals surface area contributed by atoms with E-state index in [1.165, 1.54) is 53.1 Å². The van der Waals surface area contributed by atoms with E-state index in [4.69, 9.17) is 4.99 Å². The van der Waals surface area contributed by atoms with Gasteiger partial charge in [0.15, 0.2) is 0 Å². The molecular weight excluding hydrogens is 603 g/mol. The monoisotopic (exact) mass is 631 g/mol. The van der Waals surface area contributed by atoms with Crippen LogP contribution in [-0.2, 0) is 0 Å². The Morgan fingerprint density at radius 1 is 0.500 bits per heavy atom. The van der Waals surface area contributed by atoms with Gasteiger partial charge in [-0.1, -0.05) is 115 Å². The highest BCUT2D eigenvalue weighted by atomic mass is 32.1. The van der Waals surface area contributed by atoms with Crippen molar-refractivity contribution in [3.63, 3.8) is 0 Å². The molecule has 4 heteroatoms. The first kappa shape index (κ1) is 27.2. The largest absolute Gasteiger partial charge is 0.360 e. The molecule has 226 valence electrons. The predicted octanol–water partition coefficient (Wildman–Crippen LogP) is 11.8. The van der Waals surface area contributed by atoms with Crippen LogP contribution in [0, 0.1) is 0 Å². The van der Waals surface area contributed by atoms with Gasteiger partial charge in [0.05, 0.1) is 16.7 Å². The maximum Gasteiger partial charge on any atom is 0.145 e. The number of benzene rings is 7. The first-order valence-corrected chi connectivity index (χ1v) is 17.1.